The van der Waals surface area contributed by atoms with Gasteiger partial charge < -0.3 is 5.11 Å². The molecule has 0 spiro atoms. The van der Waals surface area contributed by atoms with Gasteiger partial charge in [-0.1, -0.05) is 20.3 Å². The molecule has 94 valence electrons. The number of aliphatic hydroxyl groups is 1. The summed E-state index contributed by atoms with van der Waals surface area (Å²) in [7, 11) is 0. The minimum absolute atomic E-state index is 0.157. The molecule has 2 unspecified atom stereocenters. The van der Waals surface area contributed by atoms with E-state index < -0.39 is 0 Å². The molecule has 0 aromatic rings. The van der Waals surface area contributed by atoms with E-state index in [0.717, 1.165) is 19.1 Å². The number of fused-ring (bicyclic) bond motifs is 1. The first-order valence-corrected chi connectivity index (χ1v) is 6.81. The van der Waals surface area contributed by atoms with Gasteiger partial charge >= 0.3 is 0 Å². The normalized spacial score (nSPS) is 30.4. The molecule has 0 radical (unpaired) electrons. The molecule has 2 rings (SSSR count). The molecule has 0 saturated carbocycles. The van der Waals surface area contributed by atoms with Gasteiger partial charge in [-0.15, -0.1) is 0 Å². The third kappa shape index (κ3) is 2.96. The second-order valence-electron chi connectivity index (χ2n) is 5.76. The summed E-state index contributed by atoms with van der Waals surface area (Å²) in [6.07, 6.45) is 3.97. The Hall–Kier alpha value is -0.120. The van der Waals surface area contributed by atoms with Gasteiger partial charge in [0.15, 0.2) is 0 Å². The van der Waals surface area contributed by atoms with Crippen LogP contribution >= 0.6 is 0 Å². The zero-order valence-electron chi connectivity index (χ0n) is 10.7. The van der Waals surface area contributed by atoms with Crippen molar-refractivity contribution in [3.63, 3.8) is 0 Å². The van der Waals surface area contributed by atoms with Crippen molar-refractivity contribution >= 4 is 0 Å². The van der Waals surface area contributed by atoms with Gasteiger partial charge in [-0.25, -0.2) is 0 Å². The maximum absolute atomic E-state index is 9.92. The predicted octanol–water partition coefficient (Wildman–Crippen LogP) is 1.17. The van der Waals surface area contributed by atoms with Crippen molar-refractivity contribution < 1.29 is 5.11 Å². The van der Waals surface area contributed by atoms with Gasteiger partial charge in [0.2, 0.25) is 0 Å². The lowest BCUT2D eigenvalue weighted by atomic mass is 9.98. The van der Waals surface area contributed by atoms with Crippen LogP contribution in [0.15, 0.2) is 0 Å². The van der Waals surface area contributed by atoms with Crippen molar-refractivity contribution in [1.29, 1.82) is 0 Å². The van der Waals surface area contributed by atoms with Gasteiger partial charge in [-0.2, -0.15) is 0 Å². The Morgan fingerprint density at radius 1 is 1.19 bits per heavy atom. The maximum atomic E-state index is 9.92. The maximum Gasteiger partial charge on any atom is 0.0689 e. The van der Waals surface area contributed by atoms with Gasteiger partial charge in [0.25, 0.3) is 0 Å². The average molecular weight is 226 g/mol. The fourth-order valence-corrected chi connectivity index (χ4v) is 2.86. The highest BCUT2D eigenvalue weighted by Gasteiger charge is 2.29. The van der Waals surface area contributed by atoms with Crippen molar-refractivity contribution in [2.45, 2.75) is 45.3 Å². The molecule has 16 heavy (non-hydrogen) atoms. The van der Waals surface area contributed by atoms with Crippen LogP contribution in [0.3, 0.4) is 0 Å². The van der Waals surface area contributed by atoms with Crippen LogP contribution in [0.2, 0.25) is 0 Å². The van der Waals surface area contributed by atoms with Crippen LogP contribution in [-0.2, 0) is 0 Å². The fourth-order valence-electron chi connectivity index (χ4n) is 2.86. The van der Waals surface area contributed by atoms with Crippen LogP contribution in [0, 0.1) is 5.92 Å². The highest BCUT2D eigenvalue weighted by molar-refractivity contribution is 4.85. The minimum Gasteiger partial charge on any atom is -0.392 e. The molecule has 2 fully saturated rings. The number of hydrogen-bond donors (Lipinski definition) is 1. The summed E-state index contributed by atoms with van der Waals surface area (Å²) in [4.78, 5) is 5.10. The molecule has 3 heteroatoms. The first kappa shape index (κ1) is 12.3. The molecular formula is C13H26N2O. The van der Waals surface area contributed by atoms with Crippen LogP contribution in [0.1, 0.15) is 33.1 Å². The third-order valence-electron chi connectivity index (χ3n) is 4.14. The summed E-state index contributed by atoms with van der Waals surface area (Å²) in [5, 5.41) is 9.92. The Morgan fingerprint density at radius 2 is 2.00 bits per heavy atom. The molecule has 0 aromatic heterocycles. The average Bonchev–Trinajstić information content (AvgIpc) is 2.28. The summed E-state index contributed by atoms with van der Waals surface area (Å²) in [5.74, 6) is 0.379. The van der Waals surface area contributed by atoms with Gasteiger partial charge in [0.05, 0.1) is 6.10 Å². The van der Waals surface area contributed by atoms with E-state index in [-0.39, 0.29) is 6.10 Å². The van der Waals surface area contributed by atoms with E-state index in [2.05, 4.69) is 23.6 Å². The van der Waals surface area contributed by atoms with E-state index >= 15 is 0 Å². The molecule has 2 saturated heterocycles. The smallest absolute Gasteiger partial charge is 0.0689 e. The van der Waals surface area contributed by atoms with Crippen molar-refractivity contribution in [3.05, 3.63) is 0 Å². The Morgan fingerprint density at radius 3 is 2.75 bits per heavy atom. The van der Waals surface area contributed by atoms with Gasteiger partial charge in [-0.3, -0.25) is 9.80 Å². The Labute approximate surface area is 99.4 Å². The van der Waals surface area contributed by atoms with Gasteiger partial charge in [-0.05, 0) is 25.3 Å². The molecule has 0 amide bonds. The number of nitrogens with zero attached hydrogens (tertiary/aromatic N) is 2. The number of piperidine rings is 1. The third-order valence-corrected chi connectivity index (χ3v) is 4.14. The SMILES string of the molecule is CC(C)C(O)CN1CCN2CCCCC2C1. The topological polar surface area (TPSA) is 26.7 Å². The Bertz CT molecular complexity index is 220. The molecule has 2 aliphatic rings. The molecule has 1 N–H and O–H groups in total. The highest BCUT2D eigenvalue weighted by atomic mass is 16.3. The molecule has 3 nitrogen and oxygen atoms in total. The molecule has 0 bridgehead atoms. The summed E-state index contributed by atoms with van der Waals surface area (Å²) in [6.45, 7) is 9.87. The zero-order chi connectivity index (χ0) is 11.5. The first-order chi connectivity index (χ1) is 7.66. The number of aliphatic hydroxyl groups excluding tert-OH is 1. The number of β-amino-alcohol motifs (C(OH)–C–C–N with tert-alkyl or cyclic N) is 1. The van der Waals surface area contributed by atoms with Crippen LogP contribution < -0.4 is 0 Å². The van der Waals surface area contributed by atoms with Crippen LogP contribution in [0.5, 0.6) is 0 Å². The van der Waals surface area contributed by atoms with E-state index in [4.69, 9.17) is 0 Å². The second-order valence-corrected chi connectivity index (χ2v) is 5.76. The predicted molar refractivity (Wildman–Crippen MR) is 66.5 cm³/mol. The van der Waals surface area contributed by atoms with Crippen LogP contribution in [0.25, 0.3) is 0 Å². The Kier molecular flexibility index (Phi) is 4.22. The molecule has 0 aromatic carbocycles. The van der Waals surface area contributed by atoms with E-state index in [0.29, 0.717) is 5.92 Å². The van der Waals surface area contributed by atoms with Crippen molar-refractivity contribution in [2.75, 3.05) is 32.7 Å². The summed E-state index contributed by atoms with van der Waals surface area (Å²) >= 11 is 0. The first-order valence-electron chi connectivity index (χ1n) is 6.81. The van der Waals surface area contributed by atoms with E-state index in [1.165, 1.54) is 38.9 Å². The zero-order valence-corrected chi connectivity index (χ0v) is 10.7. The number of piperazine rings is 1. The monoisotopic (exact) mass is 226 g/mol. The van der Waals surface area contributed by atoms with Gasteiger partial charge in [0, 0.05) is 32.2 Å². The van der Waals surface area contributed by atoms with Gasteiger partial charge in [0.1, 0.15) is 0 Å². The van der Waals surface area contributed by atoms with Crippen LogP contribution in [0.4, 0.5) is 0 Å². The van der Waals surface area contributed by atoms with Crippen LogP contribution in [-0.4, -0.2) is 59.8 Å². The van der Waals surface area contributed by atoms with Crippen molar-refractivity contribution in [2.24, 2.45) is 5.92 Å². The number of hydrogen-bond acceptors (Lipinski definition) is 3. The molecule has 0 aliphatic carbocycles. The van der Waals surface area contributed by atoms with Crippen molar-refractivity contribution in [1.82, 2.24) is 9.80 Å². The summed E-state index contributed by atoms with van der Waals surface area (Å²) < 4.78 is 0. The summed E-state index contributed by atoms with van der Waals surface area (Å²) in [6, 6.07) is 0.766. The quantitative estimate of drug-likeness (QED) is 0.782. The Balaban J connectivity index is 1.80. The van der Waals surface area contributed by atoms with E-state index in [9.17, 15) is 5.11 Å². The number of rotatable bonds is 3. The summed E-state index contributed by atoms with van der Waals surface area (Å²) in [5.41, 5.74) is 0. The highest BCUT2D eigenvalue weighted by Crippen LogP contribution is 2.21. The lowest BCUT2D eigenvalue weighted by Crippen LogP contribution is -2.56. The molecule has 2 heterocycles. The largest absolute Gasteiger partial charge is 0.392 e. The fraction of sp³-hybridized carbons (Fsp3) is 1.00. The molecule has 2 aliphatic heterocycles. The minimum atomic E-state index is -0.157. The van der Waals surface area contributed by atoms with E-state index in [1.54, 1.807) is 0 Å². The lowest BCUT2D eigenvalue weighted by Gasteiger charge is -2.44. The molecular weight excluding hydrogens is 200 g/mol. The molecule has 2 atom stereocenters. The second kappa shape index (κ2) is 5.48. The lowest BCUT2D eigenvalue weighted by molar-refractivity contribution is 0.0127. The standard InChI is InChI=1S/C13H26N2O/c1-11(2)13(16)10-14-7-8-15-6-4-3-5-12(15)9-14/h11-13,16H,3-10H2,1-2H3. The van der Waals surface area contributed by atoms with Crippen molar-refractivity contribution in [3.8, 4) is 0 Å². The van der Waals surface area contributed by atoms with E-state index in [1.807, 2.05) is 0 Å².